The number of carbonyl (C=O) groups is 2. The van der Waals surface area contributed by atoms with E-state index in [1.165, 1.54) is 12.1 Å². The van der Waals surface area contributed by atoms with Crippen LogP contribution in [-0.4, -0.2) is 35.4 Å². The molecule has 1 rings (SSSR count). The molecule has 0 aliphatic carbocycles. The molecule has 0 saturated heterocycles. The third-order valence-corrected chi connectivity index (χ3v) is 2.28. The standard InChI is InChI=1S/C14H17NO6/c1-3-20-13(18)12(14(19)21-4-2)8-15-9-5-10(16)7-11(17)6-9/h5-8,15-17H,3-4H2,1-2H3. The number of aromatic hydroxyl groups is 2. The van der Waals surface area contributed by atoms with Crippen molar-refractivity contribution in [1.29, 1.82) is 0 Å². The van der Waals surface area contributed by atoms with Crippen LogP contribution in [0.5, 0.6) is 11.5 Å². The molecule has 0 aromatic heterocycles. The first kappa shape index (κ1) is 16.4. The Morgan fingerprint density at radius 1 is 1.05 bits per heavy atom. The Labute approximate surface area is 121 Å². The molecule has 0 bridgehead atoms. The number of hydrogen-bond acceptors (Lipinski definition) is 7. The van der Waals surface area contributed by atoms with Crippen molar-refractivity contribution in [2.45, 2.75) is 13.8 Å². The normalized spacial score (nSPS) is 9.62. The Bertz CT molecular complexity index is 512. The van der Waals surface area contributed by atoms with Gasteiger partial charge < -0.3 is 25.0 Å². The van der Waals surface area contributed by atoms with Gasteiger partial charge in [0.25, 0.3) is 0 Å². The molecule has 21 heavy (non-hydrogen) atoms. The van der Waals surface area contributed by atoms with Gasteiger partial charge in [0.1, 0.15) is 11.5 Å². The fraction of sp³-hybridized carbons (Fsp3) is 0.286. The Balaban J connectivity index is 2.96. The Kier molecular flexibility index (Phi) is 6.06. The Morgan fingerprint density at radius 2 is 1.52 bits per heavy atom. The fourth-order valence-electron chi connectivity index (χ4n) is 1.45. The highest BCUT2D eigenvalue weighted by Gasteiger charge is 2.20. The van der Waals surface area contributed by atoms with Crippen LogP contribution in [0.2, 0.25) is 0 Å². The lowest BCUT2D eigenvalue weighted by molar-refractivity contribution is -0.146. The molecule has 0 heterocycles. The molecule has 7 heteroatoms. The maximum atomic E-state index is 11.7. The SMILES string of the molecule is CCOC(=O)C(=CNc1cc(O)cc(O)c1)C(=O)OCC. The van der Waals surface area contributed by atoms with Crippen molar-refractivity contribution in [2.24, 2.45) is 0 Å². The number of benzene rings is 1. The van der Waals surface area contributed by atoms with E-state index in [-0.39, 0.29) is 30.3 Å². The minimum absolute atomic E-state index is 0.114. The Morgan fingerprint density at radius 3 is 1.95 bits per heavy atom. The van der Waals surface area contributed by atoms with Crippen LogP contribution in [0.15, 0.2) is 30.0 Å². The van der Waals surface area contributed by atoms with Gasteiger partial charge in [-0.1, -0.05) is 0 Å². The van der Waals surface area contributed by atoms with E-state index < -0.39 is 11.9 Å². The molecule has 3 N–H and O–H groups in total. The molecular formula is C14H17NO6. The van der Waals surface area contributed by atoms with Crippen LogP contribution < -0.4 is 5.32 Å². The highest BCUT2D eigenvalue weighted by Crippen LogP contribution is 2.24. The predicted octanol–water partition coefficient (Wildman–Crippen LogP) is 1.52. The van der Waals surface area contributed by atoms with Crippen LogP contribution in [0, 0.1) is 0 Å². The summed E-state index contributed by atoms with van der Waals surface area (Å²) >= 11 is 0. The van der Waals surface area contributed by atoms with Crippen molar-refractivity contribution in [3.05, 3.63) is 30.0 Å². The lowest BCUT2D eigenvalue weighted by atomic mass is 10.2. The highest BCUT2D eigenvalue weighted by molar-refractivity contribution is 6.14. The van der Waals surface area contributed by atoms with Gasteiger partial charge in [0.2, 0.25) is 0 Å². The van der Waals surface area contributed by atoms with Crippen molar-refractivity contribution >= 4 is 17.6 Å². The molecule has 0 fully saturated rings. The summed E-state index contributed by atoms with van der Waals surface area (Å²) in [6.07, 6.45) is 1.10. The van der Waals surface area contributed by atoms with Gasteiger partial charge in [0.05, 0.1) is 13.2 Å². The second-order valence-corrected chi connectivity index (χ2v) is 3.88. The van der Waals surface area contributed by atoms with E-state index in [9.17, 15) is 19.8 Å². The molecule has 0 radical (unpaired) electrons. The van der Waals surface area contributed by atoms with Crippen molar-refractivity contribution in [2.75, 3.05) is 18.5 Å². The first-order valence-corrected chi connectivity index (χ1v) is 6.31. The van der Waals surface area contributed by atoms with Gasteiger partial charge in [0, 0.05) is 30.1 Å². The Hall–Kier alpha value is -2.70. The minimum atomic E-state index is -0.826. The van der Waals surface area contributed by atoms with Gasteiger partial charge in [-0.2, -0.15) is 0 Å². The second kappa shape index (κ2) is 7.78. The third kappa shape index (κ3) is 5.06. The topological polar surface area (TPSA) is 105 Å². The van der Waals surface area contributed by atoms with E-state index in [1.54, 1.807) is 13.8 Å². The summed E-state index contributed by atoms with van der Waals surface area (Å²) in [5.41, 5.74) is -0.0277. The first-order chi connectivity index (χ1) is 9.97. The number of phenolic OH excluding ortho intramolecular Hbond substituents is 2. The van der Waals surface area contributed by atoms with Crippen LogP contribution in [0.1, 0.15) is 13.8 Å². The molecule has 0 atom stereocenters. The molecule has 0 amide bonds. The van der Waals surface area contributed by atoms with E-state index in [0.717, 1.165) is 12.3 Å². The van der Waals surface area contributed by atoms with Gasteiger partial charge in [-0.3, -0.25) is 0 Å². The van der Waals surface area contributed by atoms with Gasteiger partial charge in [-0.25, -0.2) is 9.59 Å². The molecule has 0 aliphatic rings. The van der Waals surface area contributed by atoms with Gasteiger partial charge in [-0.15, -0.1) is 0 Å². The lowest BCUT2D eigenvalue weighted by Crippen LogP contribution is -2.19. The number of phenols is 2. The number of anilines is 1. The number of carbonyl (C=O) groups excluding carboxylic acids is 2. The molecule has 0 unspecified atom stereocenters. The molecule has 114 valence electrons. The van der Waals surface area contributed by atoms with E-state index in [0.29, 0.717) is 5.69 Å². The molecule has 0 spiro atoms. The summed E-state index contributed by atoms with van der Waals surface area (Å²) in [5, 5.41) is 21.3. The summed E-state index contributed by atoms with van der Waals surface area (Å²) in [7, 11) is 0. The van der Waals surface area contributed by atoms with Crippen LogP contribution in [-0.2, 0) is 19.1 Å². The molecule has 1 aromatic carbocycles. The quantitative estimate of drug-likeness (QED) is 0.316. The van der Waals surface area contributed by atoms with E-state index >= 15 is 0 Å². The van der Waals surface area contributed by atoms with Gasteiger partial charge in [-0.05, 0) is 13.8 Å². The molecular weight excluding hydrogens is 278 g/mol. The maximum absolute atomic E-state index is 11.7. The van der Waals surface area contributed by atoms with Crippen molar-refractivity contribution in [1.82, 2.24) is 0 Å². The number of rotatable bonds is 6. The zero-order valence-corrected chi connectivity index (χ0v) is 11.8. The number of hydrogen-bond donors (Lipinski definition) is 3. The minimum Gasteiger partial charge on any atom is -0.508 e. The molecule has 0 saturated carbocycles. The van der Waals surface area contributed by atoms with Crippen LogP contribution in [0.25, 0.3) is 0 Å². The largest absolute Gasteiger partial charge is 0.508 e. The number of esters is 2. The predicted molar refractivity (Wildman–Crippen MR) is 74.7 cm³/mol. The van der Waals surface area contributed by atoms with Crippen molar-refractivity contribution in [3.63, 3.8) is 0 Å². The molecule has 0 aliphatic heterocycles. The second-order valence-electron chi connectivity index (χ2n) is 3.88. The van der Waals surface area contributed by atoms with Gasteiger partial charge >= 0.3 is 11.9 Å². The van der Waals surface area contributed by atoms with E-state index in [2.05, 4.69) is 5.32 Å². The summed E-state index contributed by atoms with van der Waals surface area (Å²) < 4.78 is 9.52. The summed E-state index contributed by atoms with van der Waals surface area (Å²) in [4.78, 5) is 23.4. The van der Waals surface area contributed by atoms with E-state index in [4.69, 9.17) is 9.47 Å². The van der Waals surface area contributed by atoms with E-state index in [1.807, 2.05) is 0 Å². The van der Waals surface area contributed by atoms with Gasteiger partial charge in [0.15, 0.2) is 5.57 Å². The van der Waals surface area contributed by atoms with Crippen LogP contribution >= 0.6 is 0 Å². The van der Waals surface area contributed by atoms with Crippen molar-refractivity contribution < 1.29 is 29.3 Å². The summed E-state index contributed by atoms with van der Waals surface area (Å²) in [6, 6.07) is 3.76. The molecule has 1 aromatic rings. The average Bonchev–Trinajstić information content (AvgIpc) is 2.38. The monoisotopic (exact) mass is 295 g/mol. The zero-order valence-electron chi connectivity index (χ0n) is 11.8. The fourth-order valence-corrected chi connectivity index (χ4v) is 1.45. The lowest BCUT2D eigenvalue weighted by Gasteiger charge is -2.08. The highest BCUT2D eigenvalue weighted by atomic mass is 16.6. The maximum Gasteiger partial charge on any atom is 0.347 e. The average molecular weight is 295 g/mol. The molecule has 7 nitrogen and oxygen atoms in total. The number of ether oxygens (including phenoxy) is 2. The van der Waals surface area contributed by atoms with Crippen LogP contribution in [0.3, 0.4) is 0 Å². The third-order valence-electron chi connectivity index (χ3n) is 2.28. The summed E-state index contributed by atoms with van der Waals surface area (Å²) in [5.74, 6) is -1.99. The van der Waals surface area contributed by atoms with Crippen molar-refractivity contribution in [3.8, 4) is 11.5 Å². The number of nitrogens with one attached hydrogen (secondary N) is 1. The first-order valence-electron chi connectivity index (χ1n) is 6.31. The smallest absolute Gasteiger partial charge is 0.347 e. The summed E-state index contributed by atoms with van der Waals surface area (Å²) in [6.45, 7) is 3.45. The zero-order chi connectivity index (χ0) is 15.8. The van der Waals surface area contributed by atoms with Crippen LogP contribution in [0.4, 0.5) is 5.69 Å².